The molecule has 6 heteroatoms. The Morgan fingerprint density at radius 3 is 2.15 bits per heavy atom. The summed E-state index contributed by atoms with van der Waals surface area (Å²) >= 11 is 0. The SMILES string of the molecule is CCCCc1ccc(N(C(=O)COc2ccc(C)c(C)c2)S(=O)(=O)c2ccc(C)cc2)cc1. The van der Waals surface area contributed by atoms with Crippen molar-refractivity contribution in [1.29, 1.82) is 0 Å². The van der Waals surface area contributed by atoms with Crippen LogP contribution < -0.4 is 9.04 Å². The molecular formula is C27H31NO4S. The minimum Gasteiger partial charge on any atom is -0.484 e. The monoisotopic (exact) mass is 465 g/mol. The molecule has 0 aliphatic carbocycles. The van der Waals surface area contributed by atoms with Crippen molar-refractivity contribution in [1.82, 2.24) is 0 Å². The summed E-state index contributed by atoms with van der Waals surface area (Å²) in [5, 5.41) is 0. The maximum atomic E-state index is 13.5. The molecule has 0 aliphatic heterocycles. The maximum absolute atomic E-state index is 13.5. The summed E-state index contributed by atoms with van der Waals surface area (Å²) in [6, 6.07) is 19.1. The summed E-state index contributed by atoms with van der Waals surface area (Å²) in [4.78, 5) is 13.3. The zero-order valence-electron chi connectivity index (χ0n) is 19.7. The quantitative estimate of drug-likeness (QED) is 0.403. The molecule has 5 nitrogen and oxygen atoms in total. The number of anilines is 1. The van der Waals surface area contributed by atoms with Crippen molar-refractivity contribution in [2.24, 2.45) is 0 Å². The number of hydrogen-bond donors (Lipinski definition) is 0. The molecule has 0 unspecified atom stereocenters. The van der Waals surface area contributed by atoms with Gasteiger partial charge in [0.15, 0.2) is 6.61 Å². The second-order valence-corrected chi connectivity index (χ2v) is 10.1. The zero-order chi connectivity index (χ0) is 24.0. The van der Waals surface area contributed by atoms with Crippen molar-refractivity contribution >= 4 is 21.6 Å². The highest BCUT2D eigenvalue weighted by Gasteiger charge is 2.31. The van der Waals surface area contributed by atoms with Crippen molar-refractivity contribution in [3.63, 3.8) is 0 Å². The molecule has 0 fully saturated rings. The normalized spacial score (nSPS) is 11.3. The summed E-state index contributed by atoms with van der Waals surface area (Å²) in [7, 11) is -4.12. The van der Waals surface area contributed by atoms with Crippen LogP contribution in [0.15, 0.2) is 71.6 Å². The fraction of sp³-hybridized carbons (Fsp3) is 0.296. The predicted molar refractivity (Wildman–Crippen MR) is 132 cm³/mol. The number of hydrogen-bond acceptors (Lipinski definition) is 4. The molecular weight excluding hydrogens is 434 g/mol. The highest BCUT2D eigenvalue weighted by Crippen LogP contribution is 2.26. The summed E-state index contributed by atoms with van der Waals surface area (Å²) in [5.74, 6) is -0.135. The van der Waals surface area contributed by atoms with Gasteiger partial charge in [0.1, 0.15) is 5.75 Å². The number of nitrogens with zero attached hydrogens (tertiary/aromatic N) is 1. The summed E-state index contributed by atoms with van der Waals surface area (Å²) in [6.45, 7) is 7.55. The first kappa shape index (κ1) is 24.5. The van der Waals surface area contributed by atoms with Crippen LogP contribution in [0.5, 0.6) is 5.75 Å². The molecule has 3 aromatic carbocycles. The van der Waals surface area contributed by atoms with Crippen LogP contribution in [0.3, 0.4) is 0 Å². The van der Waals surface area contributed by atoms with Gasteiger partial charge in [-0.15, -0.1) is 0 Å². The lowest BCUT2D eigenvalue weighted by Gasteiger charge is -2.23. The smallest absolute Gasteiger partial charge is 0.278 e. The number of sulfonamides is 1. The second kappa shape index (κ2) is 10.7. The average molecular weight is 466 g/mol. The summed E-state index contributed by atoms with van der Waals surface area (Å²) < 4.78 is 33.5. The van der Waals surface area contributed by atoms with E-state index in [0.29, 0.717) is 11.4 Å². The Morgan fingerprint density at radius 1 is 0.879 bits per heavy atom. The Labute approximate surface area is 197 Å². The van der Waals surface area contributed by atoms with Crippen LogP contribution >= 0.6 is 0 Å². The van der Waals surface area contributed by atoms with E-state index in [0.717, 1.165) is 45.8 Å². The lowest BCUT2D eigenvalue weighted by molar-refractivity contribution is -0.119. The fourth-order valence-corrected chi connectivity index (χ4v) is 4.83. The van der Waals surface area contributed by atoms with Gasteiger partial charge in [-0.25, -0.2) is 8.42 Å². The van der Waals surface area contributed by atoms with Gasteiger partial charge >= 0.3 is 0 Å². The first-order valence-electron chi connectivity index (χ1n) is 11.2. The minimum absolute atomic E-state index is 0.0580. The second-order valence-electron chi connectivity index (χ2n) is 8.28. The molecule has 0 aliphatic rings. The van der Waals surface area contributed by atoms with Gasteiger partial charge in [-0.1, -0.05) is 49.2 Å². The molecule has 174 valence electrons. The number of benzene rings is 3. The van der Waals surface area contributed by atoms with Gasteiger partial charge in [0.05, 0.1) is 10.6 Å². The molecule has 0 radical (unpaired) electrons. The lowest BCUT2D eigenvalue weighted by Crippen LogP contribution is -2.40. The Bertz CT molecular complexity index is 1200. The summed E-state index contributed by atoms with van der Waals surface area (Å²) in [5.41, 5.74) is 4.48. The van der Waals surface area contributed by atoms with Crippen LogP contribution in [0.4, 0.5) is 5.69 Å². The molecule has 3 rings (SSSR count). The van der Waals surface area contributed by atoms with E-state index in [4.69, 9.17) is 4.74 Å². The highest BCUT2D eigenvalue weighted by atomic mass is 32.2. The molecule has 0 heterocycles. The van der Waals surface area contributed by atoms with Crippen molar-refractivity contribution in [3.8, 4) is 5.75 Å². The van der Waals surface area contributed by atoms with Gasteiger partial charge in [0.2, 0.25) is 0 Å². The maximum Gasteiger partial charge on any atom is 0.278 e. The van der Waals surface area contributed by atoms with Crippen LogP contribution in [0.1, 0.15) is 42.0 Å². The summed E-state index contributed by atoms with van der Waals surface area (Å²) in [6.07, 6.45) is 3.03. The average Bonchev–Trinajstić information content (AvgIpc) is 2.79. The molecule has 0 spiro atoms. The van der Waals surface area contributed by atoms with Crippen LogP contribution in [-0.2, 0) is 21.2 Å². The standard InChI is InChI=1S/C27H31NO4S/c1-5-6-7-23-11-13-24(14-12-23)28(33(30,31)26-16-8-20(2)9-17-26)27(29)19-32-25-15-10-21(3)22(4)18-25/h8-18H,5-7,19H2,1-4H3. The predicted octanol–water partition coefficient (Wildman–Crippen LogP) is 5.76. The van der Waals surface area contributed by atoms with E-state index in [1.807, 2.05) is 45.0 Å². The van der Waals surface area contributed by atoms with Crippen molar-refractivity contribution in [2.45, 2.75) is 51.9 Å². The van der Waals surface area contributed by atoms with E-state index in [2.05, 4.69) is 6.92 Å². The number of unbranched alkanes of at least 4 members (excludes halogenated alkanes) is 1. The van der Waals surface area contributed by atoms with Gasteiger partial charge in [-0.05, 0) is 86.7 Å². The van der Waals surface area contributed by atoms with E-state index >= 15 is 0 Å². The fourth-order valence-electron chi connectivity index (χ4n) is 3.42. The Balaban J connectivity index is 1.92. The minimum atomic E-state index is -4.12. The number of carbonyl (C=O) groups is 1. The number of amides is 1. The van der Waals surface area contributed by atoms with Crippen molar-refractivity contribution < 1.29 is 17.9 Å². The van der Waals surface area contributed by atoms with Gasteiger partial charge < -0.3 is 4.74 Å². The van der Waals surface area contributed by atoms with Gasteiger partial charge in [0, 0.05) is 0 Å². The lowest BCUT2D eigenvalue weighted by atomic mass is 10.1. The molecule has 1 amide bonds. The molecule has 0 N–H and O–H groups in total. The van der Waals surface area contributed by atoms with Crippen LogP contribution in [0.2, 0.25) is 0 Å². The molecule has 3 aromatic rings. The number of carbonyl (C=O) groups excluding carboxylic acids is 1. The van der Waals surface area contributed by atoms with Crippen molar-refractivity contribution in [2.75, 3.05) is 10.9 Å². The third kappa shape index (κ3) is 6.02. The van der Waals surface area contributed by atoms with Gasteiger partial charge in [-0.3, -0.25) is 4.79 Å². The Morgan fingerprint density at radius 2 is 1.55 bits per heavy atom. The molecule has 0 atom stereocenters. The molecule has 0 saturated carbocycles. The van der Waals surface area contributed by atoms with Gasteiger partial charge in [-0.2, -0.15) is 4.31 Å². The van der Waals surface area contributed by atoms with E-state index < -0.39 is 22.5 Å². The third-order valence-electron chi connectivity index (χ3n) is 5.62. The molecule has 0 bridgehead atoms. The zero-order valence-corrected chi connectivity index (χ0v) is 20.5. The number of ether oxygens (including phenoxy) is 1. The largest absolute Gasteiger partial charge is 0.484 e. The van der Waals surface area contributed by atoms with E-state index in [1.54, 1.807) is 30.3 Å². The first-order chi connectivity index (χ1) is 15.7. The van der Waals surface area contributed by atoms with E-state index in [9.17, 15) is 13.2 Å². The van der Waals surface area contributed by atoms with Crippen LogP contribution in [-0.4, -0.2) is 20.9 Å². The first-order valence-corrected chi connectivity index (χ1v) is 12.6. The Kier molecular flexibility index (Phi) is 7.92. The third-order valence-corrected chi connectivity index (χ3v) is 7.38. The topological polar surface area (TPSA) is 63.7 Å². The highest BCUT2D eigenvalue weighted by molar-refractivity contribution is 7.93. The Hall–Kier alpha value is -3.12. The number of aryl methyl sites for hydroxylation is 4. The van der Waals surface area contributed by atoms with E-state index in [1.165, 1.54) is 12.1 Å². The van der Waals surface area contributed by atoms with Crippen molar-refractivity contribution in [3.05, 3.63) is 89.0 Å². The van der Waals surface area contributed by atoms with E-state index in [-0.39, 0.29) is 4.90 Å². The molecule has 0 saturated heterocycles. The molecule has 33 heavy (non-hydrogen) atoms. The number of rotatable bonds is 9. The van der Waals surface area contributed by atoms with Gasteiger partial charge in [0.25, 0.3) is 15.9 Å². The van der Waals surface area contributed by atoms with Crippen LogP contribution in [0, 0.1) is 20.8 Å². The molecule has 0 aromatic heterocycles. The van der Waals surface area contributed by atoms with Crippen LogP contribution in [0.25, 0.3) is 0 Å².